The van der Waals surface area contributed by atoms with Crippen molar-refractivity contribution in [3.63, 3.8) is 0 Å². The fraction of sp³-hybridized carbons (Fsp3) is 0.400. The first-order valence-corrected chi connectivity index (χ1v) is 3.41. The normalized spacial score (nSPS) is 10.1. The minimum absolute atomic E-state index is 0.282. The van der Waals surface area contributed by atoms with E-state index >= 15 is 0 Å². The van der Waals surface area contributed by atoms with Crippen LogP contribution in [0.5, 0.6) is 0 Å². The second-order valence-corrected chi connectivity index (χ2v) is 2.37. The lowest BCUT2D eigenvalue weighted by Gasteiger charge is -1.87. The van der Waals surface area contributed by atoms with Gasteiger partial charge < -0.3 is 0 Å². The molecule has 0 atom stereocenters. The molecule has 1 aromatic rings. The van der Waals surface area contributed by atoms with Gasteiger partial charge in [0.15, 0.2) is 10.4 Å². The molecule has 0 aliphatic rings. The van der Waals surface area contributed by atoms with Gasteiger partial charge in [-0.3, -0.25) is 4.68 Å². The Balaban J connectivity index is 2.98. The fourth-order valence-electron chi connectivity index (χ4n) is 0.536. The van der Waals surface area contributed by atoms with Crippen molar-refractivity contribution in [1.82, 2.24) is 9.78 Å². The molecule has 1 aromatic heterocycles. The van der Waals surface area contributed by atoms with E-state index in [2.05, 4.69) is 21.0 Å². The van der Waals surface area contributed by atoms with E-state index in [4.69, 9.17) is 0 Å². The molecule has 0 spiro atoms. The van der Waals surface area contributed by atoms with Crippen LogP contribution in [0.4, 0.5) is 4.39 Å². The predicted octanol–water partition coefficient (Wildman–Crippen LogP) is 1.80. The SMILES string of the molecule is CCn1cc(F)c(Br)n1. The Morgan fingerprint density at radius 1 is 1.89 bits per heavy atom. The predicted molar refractivity (Wildman–Crippen MR) is 35.6 cm³/mol. The van der Waals surface area contributed by atoms with Crippen LogP contribution in [0.15, 0.2) is 10.8 Å². The van der Waals surface area contributed by atoms with Crippen molar-refractivity contribution in [2.75, 3.05) is 0 Å². The smallest absolute Gasteiger partial charge is 0.175 e. The quantitative estimate of drug-likeness (QED) is 0.664. The van der Waals surface area contributed by atoms with E-state index in [0.29, 0.717) is 6.54 Å². The van der Waals surface area contributed by atoms with Gasteiger partial charge in [0, 0.05) is 6.54 Å². The zero-order chi connectivity index (χ0) is 6.85. The van der Waals surface area contributed by atoms with Gasteiger partial charge in [0.2, 0.25) is 0 Å². The molecule has 0 aromatic carbocycles. The molecule has 0 aliphatic heterocycles. The van der Waals surface area contributed by atoms with Gasteiger partial charge in [-0.1, -0.05) is 0 Å². The minimum atomic E-state index is -0.308. The van der Waals surface area contributed by atoms with Gasteiger partial charge >= 0.3 is 0 Å². The van der Waals surface area contributed by atoms with Crippen LogP contribution in [0.25, 0.3) is 0 Å². The van der Waals surface area contributed by atoms with Gasteiger partial charge in [0.1, 0.15) is 0 Å². The third-order valence-electron chi connectivity index (χ3n) is 1.000. The molecule has 2 nitrogen and oxygen atoms in total. The second-order valence-electron chi connectivity index (χ2n) is 1.62. The molecule has 0 saturated carbocycles. The first-order chi connectivity index (χ1) is 4.24. The van der Waals surface area contributed by atoms with Gasteiger partial charge in [0.05, 0.1) is 6.20 Å². The van der Waals surface area contributed by atoms with Crippen molar-refractivity contribution in [2.45, 2.75) is 13.5 Å². The summed E-state index contributed by atoms with van der Waals surface area (Å²) in [5.74, 6) is -0.308. The lowest BCUT2D eigenvalue weighted by Crippen LogP contribution is -1.92. The van der Waals surface area contributed by atoms with Gasteiger partial charge in [0.25, 0.3) is 0 Å². The Morgan fingerprint density at radius 3 is 2.78 bits per heavy atom. The van der Waals surface area contributed by atoms with E-state index in [1.807, 2.05) is 6.92 Å². The average molecular weight is 193 g/mol. The molecule has 0 N–H and O–H groups in total. The summed E-state index contributed by atoms with van der Waals surface area (Å²) in [5, 5.41) is 3.79. The van der Waals surface area contributed by atoms with Gasteiger partial charge in [-0.05, 0) is 22.9 Å². The lowest BCUT2D eigenvalue weighted by molar-refractivity contribution is 0.613. The zero-order valence-corrected chi connectivity index (χ0v) is 6.52. The highest BCUT2D eigenvalue weighted by Crippen LogP contribution is 2.10. The third kappa shape index (κ3) is 1.30. The maximum Gasteiger partial charge on any atom is 0.175 e. The van der Waals surface area contributed by atoms with Crippen LogP contribution in [0.2, 0.25) is 0 Å². The van der Waals surface area contributed by atoms with E-state index in [0.717, 1.165) is 0 Å². The molecular formula is C5H6BrFN2. The second kappa shape index (κ2) is 2.47. The number of hydrogen-bond donors (Lipinski definition) is 0. The maximum absolute atomic E-state index is 12.4. The lowest BCUT2D eigenvalue weighted by atomic mass is 10.7. The summed E-state index contributed by atoms with van der Waals surface area (Å²) in [5.41, 5.74) is 0. The van der Waals surface area contributed by atoms with Crippen LogP contribution in [0, 0.1) is 5.82 Å². The minimum Gasteiger partial charge on any atom is -0.269 e. The molecule has 0 amide bonds. The Morgan fingerprint density at radius 2 is 2.56 bits per heavy atom. The van der Waals surface area contributed by atoms with Gasteiger partial charge in [-0.25, -0.2) is 4.39 Å². The Kier molecular flexibility index (Phi) is 1.85. The number of aryl methyl sites for hydroxylation is 1. The molecule has 0 aliphatic carbocycles. The van der Waals surface area contributed by atoms with Crippen LogP contribution in [0.1, 0.15) is 6.92 Å². The van der Waals surface area contributed by atoms with Crippen molar-refractivity contribution in [2.24, 2.45) is 0 Å². The summed E-state index contributed by atoms with van der Waals surface area (Å²) in [4.78, 5) is 0. The number of aromatic nitrogens is 2. The molecule has 4 heteroatoms. The molecule has 0 fully saturated rings. The zero-order valence-electron chi connectivity index (χ0n) is 4.93. The molecule has 0 radical (unpaired) electrons. The van der Waals surface area contributed by atoms with E-state index < -0.39 is 0 Å². The average Bonchev–Trinajstić information content (AvgIpc) is 2.13. The summed E-state index contributed by atoms with van der Waals surface area (Å²) < 4.78 is 14.2. The van der Waals surface area contributed by atoms with Gasteiger partial charge in [-0.2, -0.15) is 5.10 Å². The Labute approximate surface area is 60.8 Å². The molecule has 0 saturated heterocycles. The summed E-state index contributed by atoms with van der Waals surface area (Å²) in [6.45, 7) is 2.60. The van der Waals surface area contributed by atoms with Crippen molar-refractivity contribution >= 4 is 15.9 Å². The topological polar surface area (TPSA) is 17.8 Å². The number of hydrogen-bond acceptors (Lipinski definition) is 1. The monoisotopic (exact) mass is 192 g/mol. The largest absolute Gasteiger partial charge is 0.269 e. The number of halogens is 2. The first kappa shape index (κ1) is 6.74. The van der Waals surface area contributed by atoms with Crippen molar-refractivity contribution < 1.29 is 4.39 Å². The summed E-state index contributed by atoms with van der Waals surface area (Å²) in [6, 6.07) is 0. The highest BCUT2D eigenvalue weighted by molar-refractivity contribution is 9.10. The van der Waals surface area contributed by atoms with E-state index in [1.165, 1.54) is 10.9 Å². The van der Waals surface area contributed by atoms with Gasteiger partial charge in [-0.15, -0.1) is 0 Å². The van der Waals surface area contributed by atoms with E-state index in [9.17, 15) is 4.39 Å². The van der Waals surface area contributed by atoms with E-state index in [1.54, 1.807) is 0 Å². The molecular weight excluding hydrogens is 187 g/mol. The molecule has 1 rings (SSSR count). The van der Waals surface area contributed by atoms with E-state index in [-0.39, 0.29) is 10.4 Å². The van der Waals surface area contributed by atoms with Crippen molar-refractivity contribution in [3.8, 4) is 0 Å². The molecule has 0 unspecified atom stereocenters. The third-order valence-corrected chi connectivity index (χ3v) is 1.54. The van der Waals surface area contributed by atoms with Crippen molar-refractivity contribution in [1.29, 1.82) is 0 Å². The molecule has 9 heavy (non-hydrogen) atoms. The molecule has 50 valence electrons. The van der Waals surface area contributed by atoms with Crippen LogP contribution < -0.4 is 0 Å². The summed E-state index contributed by atoms with van der Waals surface area (Å²) in [6.07, 6.45) is 1.35. The number of nitrogens with zero attached hydrogens (tertiary/aromatic N) is 2. The number of rotatable bonds is 1. The Bertz CT molecular complexity index is 189. The van der Waals surface area contributed by atoms with Crippen LogP contribution in [0.3, 0.4) is 0 Å². The molecule has 0 bridgehead atoms. The Hall–Kier alpha value is -0.380. The molecule has 1 heterocycles. The van der Waals surface area contributed by atoms with Crippen molar-refractivity contribution in [3.05, 3.63) is 16.6 Å². The highest BCUT2D eigenvalue weighted by atomic mass is 79.9. The fourth-order valence-corrected chi connectivity index (χ4v) is 0.842. The van der Waals surface area contributed by atoms with Crippen LogP contribution >= 0.6 is 15.9 Å². The maximum atomic E-state index is 12.4. The summed E-state index contributed by atoms with van der Waals surface area (Å²) >= 11 is 2.95. The van der Waals surface area contributed by atoms with Crippen LogP contribution in [-0.2, 0) is 6.54 Å². The first-order valence-electron chi connectivity index (χ1n) is 2.62. The standard InChI is InChI=1S/C5H6BrFN2/c1-2-9-3-4(7)5(6)8-9/h3H,2H2,1H3. The van der Waals surface area contributed by atoms with Crippen LogP contribution in [-0.4, -0.2) is 9.78 Å². The highest BCUT2D eigenvalue weighted by Gasteiger charge is 2.01. The summed E-state index contributed by atoms with van der Waals surface area (Å²) in [7, 11) is 0.